The maximum Gasteiger partial charge on any atom is 0.307 e. The van der Waals surface area contributed by atoms with Gasteiger partial charge in [0.1, 0.15) is 18.6 Å². The van der Waals surface area contributed by atoms with Crippen molar-refractivity contribution in [2.45, 2.75) is 27.7 Å². The van der Waals surface area contributed by atoms with Gasteiger partial charge in [-0.3, -0.25) is 14.4 Å². The molecule has 1 heterocycles. The predicted molar refractivity (Wildman–Crippen MR) is 65.5 cm³/mol. The highest BCUT2D eigenvalue weighted by molar-refractivity contribution is 5.69. The van der Waals surface area contributed by atoms with E-state index < -0.39 is 23.8 Å². The number of rotatable bonds is 3. The summed E-state index contributed by atoms with van der Waals surface area (Å²) in [4.78, 5) is 32.9. The van der Waals surface area contributed by atoms with Crippen LogP contribution in [-0.4, -0.2) is 24.5 Å². The molecule has 1 aliphatic heterocycles. The molecule has 0 saturated heterocycles. The molecule has 0 N–H and O–H groups in total. The van der Waals surface area contributed by atoms with E-state index in [1.807, 2.05) is 0 Å². The summed E-state index contributed by atoms with van der Waals surface area (Å²) >= 11 is 0. The van der Waals surface area contributed by atoms with Crippen LogP contribution in [0.2, 0.25) is 0 Å². The first-order chi connectivity index (χ1) is 9.31. The third-order valence-electron chi connectivity index (χ3n) is 2.33. The van der Waals surface area contributed by atoms with Crippen molar-refractivity contribution in [1.82, 2.24) is 0 Å². The van der Waals surface area contributed by atoms with E-state index >= 15 is 0 Å². The van der Waals surface area contributed by atoms with Crippen LogP contribution in [0.15, 0.2) is 23.5 Å². The second-order valence-corrected chi connectivity index (χ2v) is 4.11. The third-order valence-corrected chi connectivity index (χ3v) is 2.33. The minimum absolute atomic E-state index is 0.0976. The normalized spacial score (nSPS) is 20.2. The zero-order valence-electron chi connectivity index (χ0n) is 11.7. The molecule has 0 fully saturated rings. The molecule has 1 aliphatic rings. The van der Waals surface area contributed by atoms with Crippen LogP contribution in [0.1, 0.15) is 27.7 Å². The van der Waals surface area contributed by atoms with Crippen LogP contribution in [0.5, 0.6) is 0 Å². The van der Waals surface area contributed by atoms with Gasteiger partial charge in [-0.1, -0.05) is 0 Å². The summed E-state index contributed by atoms with van der Waals surface area (Å²) in [6, 6.07) is 0. The Morgan fingerprint density at radius 2 is 1.70 bits per heavy atom. The lowest BCUT2D eigenvalue weighted by Gasteiger charge is -2.26. The first-order valence-electron chi connectivity index (χ1n) is 5.91. The van der Waals surface area contributed by atoms with Crippen LogP contribution in [-0.2, 0) is 33.3 Å². The predicted octanol–water partition coefficient (Wildman–Crippen LogP) is 1.40. The van der Waals surface area contributed by atoms with Gasteiger partial charge in [0, 0.05) is 20.8 Å². The lowest BCUT2D eigenvalue weighted by molar-refractivity contribution is -0.143. The summed E-state index contributed by atoms with van der Waals surface area (Å²) in [6.07, 6.45) is 1.14. The van der Waals surface area contributed by atoms with Gasteiger partial charge in [-0.15, -0.1) is 0 Å². The Morgan fingerprint density at radius 3 is 2.20 bits per heavy atom. The van der Waals surface area contributed by atoms with Gasteiger partial charge in [0.25, 0.3) is 0 Å². The second-order valence-electron chi connectivity index (χ2n) is 4.11. The van der Waals surface area contributed by atoms with Crippen molar-refractivity contribution in [2.24, 2.45) is 5.92 Å². The van der Waals surface area contributed by atoms with Gasteiger partial charge >= 0.3 is 17.9 Å². The van der Waals surface area contributed by atoms with Crippen LogP contribution < -0.4 is 0 Å². The second kappa shape index (κ2) is 6.74. The third kappa shape index (κ3) is 4.42. The lowest BCUT2D eigenvalue weighted by atomic mass is 10.0. The van der Waals surface area contributed by atoms with E-state index in [0.717, 1.165) is 6.26 Å². The zero-order valence-corrected chi connectivity index (χ0v) is 11.7. The fourth-order valence-corrected chi connectivity index (χ4v) is 1.55. The molecular weight excluding hydrogens is 268 g/mol. The van der Waals surface area contributed by atoms with Gasteiger partial charge in [0.2, 0.25) is 0 Å². The van der Waals surface area contributed by atoms with Gasteiger partial charge in [0.15, 0.2) is 11.5 Å². The highest BCUT2D eigenvalue weighted by atomic mass is 16.6. The molecular formula is C13H16O7. The van der Waals surface area contributed by atoms with Gasteiger partial charge in [0.05, 0.1) is 5.92 Å². The molecule has 0 spiro atoms. The number of hydrogen-bond donors (Lipinski definition) is 0. The highest BCUT2D eigenvalue weighted by Crippen LogP contribution is 2.31. The number of carbonyl (C=O) groups excluding carboxylic acids is 3. The largest absolute Gasteiger partial charge is 0.486 e. The molecule has 0 aliphatic carbocycles. The van der Waals surface area contributed by atoms with Crippen molar-refractivity contribution in [3.05, 3.63) is 23.5 Å². The Hall–Kier alpha value is -2.31. The fraction of sp³-hybridized carbons (Fsp3) is 0.462. The van der Waals surface area contributed by atoms with E-state index in [1.165, 1.54) is 20.8 Å². The number of ether oxygens (including phenoxy) is 4. The monoisotopic (exact) mass is 284 g/mol. The number of hydrogen-bond acceptors (Lipinski definition) is 7. The van der Waals surface area contributed by atoms with Crippen LogP contribution in [0, 0.1) is 5.92 Å². The molecule has 110 valence electrons. The maximum atomic E-state index is 11.1. The Bertz CT molecular complexity index is 487. The Morgan fingerprint density at radius 1 is 1.10 bits per heavy atom. The topological polar surface area (TPSA) is 88.1 Å². The summed E-state index contributed by atoms with van der Waals surface area (Å²) in [5, 5.41) is 0. The Labute approximate surface area is 116 Å². The van der Waals surface area contributed by atoms with E-state index in [0.29, 0.717) is 5.76 Å². The Kier molecular flexibility index (Phi) is 5.31. The van der Waals surface area contributed by atoms with E-state index in [-0.39, 0.29) is 18.1 Å². The molecule has 20 heavy (non-hydrogen) atoms. The highest BCUT2D eigenvalue weighted by Gasteiger charge is 2.30. The minimum atomic E-state index is -0.551. The first-order valence-corrected chi connectivity index (χ1v) is 5.91. The maximum absolute atomic E-state index is 11.1. The quantitative estimate of drug-likeness (QED) is 0.439. The number of esters is 3. The summed E-state index contributed by atoms with van der Waals surface area (Å²) in [5.41, 5.74) is 0. The average Bonchev–Trinajstić information content (AvgIpc) is 2.31. The standard InChI is InChI=1S/C13H16O7/c1-7-11(5-17-8(2)14)18-6-12(19-9(3)15)13(7)20-10(4)16/h5,7H,6H2,1-4H3/b11-5-/t7-/m1/s1. The summed E-state index contributed by atoms with van der Waals surface area (Å²) in [7, 11) is 0. The van der Waals surface area contributed by atoms with E-state index in [4.69, 9.17) is 18.9 Å². The summed E-state index contributed by atoms with van der Waals surface area (Å²) < 4.78 is 20.1. The Balaban J connectivity index is 3.03. The molecule has 0 aromatic heterocycles. The van der Waals surface area contributed by atoms with Gasteiger partial charge in [-0.25, -0.2) is 0 Å². The van der Waals surface area contributed by atoms with Crippen LogP contribution in [0.3, 0.4) is 0 Å². The van der Waals surface area contributed by atoms with Crippen molar-refractivity contribution >= 4 is 17.9 Å². The van der Waals surface area contributed by atoms with Gasteiger partial charge < -0.3 is 18.9 Å². The molecule has 0 unspecified atom stereocenters. The van der Waals surface area contributed by atoms with Crippen LogP contribution in [0.25, 0.3) is 0 Å². The SMILES string of the molecule is CC(=O)O/C=C1\OCC(OC(C)=O)=C(OC(C)=O)[C@@H]1C. The molecule has 0 bridgehead atoms. The summed E-state index contributed by atoms with van der Waals surface area (Å²) in [5.74, 6) is -1.54. The molecule has 7 nitrogen and oxygen atoms in total. The van der Waals surface area contributed by atoms with E-state index in [2.05, 4.69) is 0 Å². The van der Waals surface area contributed by atoms with Gasteiger partial charge in [-0.05, 0) is 6.92 Å². The molecule has 0 saturated carbocycles. The van der Waals surface area contributed by atoms with Crippen molar-refractivity contribution in [2.75, 3.05) is 6.61 Å². The molecule has 0 aromatic carbocycles. The number of carbonyl (C=O) groups is 3. The molecule has 7 heteroatoms. The first kappa shape index (κ1) is 15.7. The molecule has 0 aromatic rings. The van der Waals surface area contributed by atoms with Gasteiger partial charge in [-0.2, -0.15) is 0 Å². The molecule has 0 radical (unpaired) electrons. The van der Waals surface area contributed by atoms with E-state index in [1.54, 1.807) is 6.92 Å². The van der Waals surface area contributed by atoms with Crippen molar-refractivity contribution in [3.8, 4) is 0 Å². The average molecular weight is 284 g/mol. The lowest BCUT2D eigenvalue weighted by Crippen LogP contribution is -2.24. The van der Waals surface area contributed by atoms with E-state index in [9.17, 15) is 14.4 Å². The van der Waals surface area contributed by atoms with Crippen molar-refractivity contribution in [3.63, 3.8) is 0 Å². The fourth-order valence-electron chi connectivity index (χ4n) is 1.55. The smallest absolute Gasteiger partial charge is 0.307 e. The van der Waals surface area contributed by atoms with Crippen molar-refractivity contribution < 1.29 is 33.3 Å². The molecule has 1 atom stereocenters. The van der Waals surface area contributed by atoms with Crippen molar-refractivity contribution in [1.29, 1.82) is 0 Å². The molecule has 1 rings (SSSR count). The minimum Gasteiger partial charge on any atom is -0.486 e. The zero-order chi connectivity index (χ0) is 15.3. The summed E-state index contributed by atoms with van der Waals surface area (Å²) in [6.45, 7) is 5.27. The molecule has 0 amide bonds. The van der Waals surface area contributed by atoms with Crippen LogP contribution >= 0.6 is 0 Å². The van der Waals surface area contributed by atoms with Crippen LogP contribution in [0.4, 0.5) is 0 Å².